The number of nitrogens with one attached hydrogen (secondary N) is 1. The van der Waals surface area contributed by atoms with Crippen LogP contribution in [0.2, 0.25) is 0 Å². The zero-order valence-corrected chi connectivity index (χ0v) is 11.1. The lowest BCUT2D eigenvalue weighted by atomic mass is 10.1. The van der Waals surface area contributed by atoms with Crippen molar-refractivity contribution in [3.8, 4) is 11.4 Å². The first-order valence-corrected chi connectivity index (χ1v) is 6.99. The molecule has 5 heteroatoms. The van der Waals surface area contributed by atoms with E-state index in [0.717, 1.165) is 41.1 Å². The van der Waals surface area contributed by atoms with E-state index >= 15 is 0 Å². The summed E-state index contributed by atoms with van der Waals surface area (Å²) in [7, 11) is 0. The van der Waals surface area contributed by atoms with Crippen molar-refractivity contribution in [3.05, 3.63) is 35.9 Å². The van der Waals surface area contributed by atoms with Gasteiger partial charge >= 0.3 is 0 Å². The fourth-order valence-corrected chi connectivity index (χ4v) is 3.04. The molecular formula is C15H16N4O. The van der Waals surface area contributed by atoms with Gasteiger partial charge in [0.05, 0.1) is 29.7 Å². The molecule has 1 aliphatic rings. The number of H-pyrrole nitrogens is 1. The first-order valence-electron chi connectivity index (χ1n) is 6.99. The molecule has 0 saturated heterocycles. The van der Waals surface area contributed by atoms with E-state index in [2.05, 4.69) is 31.7 Å². The fourth-order valence-electron chi connectivity index (χ4n) is 3.04. The Morgan fingerprint density at radius 1 is 1.30 bits per heavy atom. The largest absolute Gasteiger partial charge is 0.390 e. The molecule has 0 aliphatic carbocycles. The zero-order chi connectivity index (χ0) is 13.5. The second-order valence-electron chi connectivity index (χ2n) is 5.23. The van der Waals surface area contributed by atoms with Gasteiger partial charge in [0.1, 0.15) is 5.82 Å². The van der Waals surface area contributed by atoms with E-state index in [0.29, 0.717) is 0 Å². The van der Waals surface area contributed by atoms with Crippen molar-refractivity contribution in [3.63, 3.8) is 0 Å². The molecule has 0 spiro atoms. The number of nitrogens with zero attached hydrogens (tertiary/aromatic N) is 3. The van der Waals surface area contributed by atoms with Crippen LogP contribution in [0.1, 0.15) is 24.2 Å². The molecular weight excluding hydrogens is 252 g/mol. The predicted octanol–water partition coefficient (Wildman–Crippen LogP) is 2.25. The molecule has 0 atom stereocenters. The lowest BCUT2D eigenvalue weighted by molar-refractivity contribution is 0.275. The molecule has 4 rings (SSSR count). The minimum absolute atomic E-state index is 0.0155. The van der Waals surface area contributed by atoms with Gasteiger partial charge in [-0.2, -0.15) is 0 Å². The molecule has 20 heavy (non-hydrogen) atoms. The summed E-state index contributed by atoms with van der Waals surface area (Å²) in [5.74, 6) is 0.959. The van der Waals surface area contributed by atoms with Crippen molar-refractivity contribution in [1.29, 1.82) is 0 Å². The number of aromatic nitrogens is 4. The Morgan fingerprint density at radius 3 is 3.15 bits per heavy atom. The third-order valence-electron chi connectivity index (χ3n) is 4.03. The summed E-state index contributed by atoms with van der Waals surface area (Å²) < 4.78 is 2.26. The lowest BCUT2D eigenvalue weighted by Crippen LogP contribution is -2.12. The van der Waals surface area contributed by atoms with Gasteiger partial charge in [-0.25, -0.2) is 9.97 Å². The second kappa shape index (κ2) is 4.45. The summed E-state index contributed by atoms with van der Waals surface area (Å²) in [5.41, 5.74) is 5.07. The Labute approximate surface area is 116 Å². The summed E-state index contributed by atoms with van der Waals surface area (Å²) in [6, 6.07) is 6.13. The number of rotatable bonds is 2. The minimum atomic E-state index is 0.0155. The third kappa shape index (κ3) is 1.67. The van der Waals surface area contributed by atoms with Crippen LogP contribution in [0.15, 0.2) is 24.5 Å². The van der Waals surface area contributed by atoms with Crippen LogP contribution in [0.3, 0.4) is 0 Å². The summed E-state index contributed by atoms with van der Waals surface area (Å²) >= 11 is 0. The van der Waals surface area contributed by atoms with Gasteiger partial charge in [-0.1, -0.05) is 0 Å². The van der Waals surface area contributed by atoms with Crippen molar-refractivity contribution < 1.29 is 5.11 Å². The lowest BCUT2D eigenvalue weighted by Gasteiger charge is -2.17. The summed E-state index contributed by atoms with van der Waals surface area (Å²) in [5, 5.41) is 9.50. The van der Waals surface area contributed by atoms with Crippen molar-refractivity contribution in [1.82, 2.24) is 19.5 Å². The van der Waals surface area contributed by atoms with E-state index in [4.69, 9.17) is 0 Å². The smallest absolute Gasteiger partial charge is 0.140 e. The van der Waals surface area contributed by atoms with Gasteiger partial charge < -0.3 is 14.7 Å². The maximum absolute atomic E-state index is 9.50. The number of aliphatic hydroxyl groups excluding tert-OH is 1. The van der Waals surface area contributed by atoms with Crippen molar-refractivity contribution in [2.45, 2.75) is 32.4 Å². The number of benzene rings is 1. The van der Waals surface area contributed by atoms with E-state index < -0.39 is 0 Å². The second-order valence-corrected chi connectivity index (χ2v) is 5.23. The molecule has 0 amide bonds. The number of hydrogen-bond acceptors (Lipinski definition) is 3. The molecule has 0 bridgehead atoms. The molecule has 2 aromatic heterocycles. The number of aliphatic hydroxyl groups is 1. The van der Waals surface area contributed by atoms with E-state index in [1.807, 2.05) is 6.07 Å². The monoisotopic (exact) mass is 268 g/mol. The van der Waals surface area contributed by atoms with Gasteiger partial charge in [0, 0.05) is 17.8 Å². The maximum atomic E-state index is 9.50. The highest BCUT2D eigenvalue weighted by molar-refractivity contribution is 5.80. The molecule has 0 fully saturated rings. The highest BCUT2D eigenvalue weighted by Crippen LogP contribution is 2.28. The van der Waals surface area contributed by atoms with Crippen molar-refractivity contribution in [2.75, 3.05) is 0 Å². The number of aromatic amines is 1. The van der Waals surface area contributed by atoms with E-state index in [1.54, 1.807) is 6.33 Å². The van der Waals surface area contributed by atoms with Crippen LogP contribution in [-0.4, -0.2) is 24.6 Å². The van der Waals surface area contributed by atoms with Gasteiger partial charge in [-0.15, -0.1) is 0 Å². The SMILES string of the molecule is OCc1nc(-c2ccc3nc[nH]c3c2)n2c1CCCC2. The highest BCUT2D eigenvalue weighted by atomic mass is 16.3. The quantitative estimate of drug-likeness (QED) is 0.749. The average molecular weight is 268 g/mol. The van der Waals surface area contributed by atoms with Crippen LogP contribution in [0.5, 0.6) is 0 Å². The molecule has 1 aliphatic heterocycles. The Balaban J connectivity index is 1.90. The van der Waals surface area contributed by atoms with Gasteiger partial charge in [0.25, 0.3) is 0 Å². The maximum Gasteiger partial charge on any atom is 0.140 e. The predicted molar refractivity (Wildman–Crippen MR) is 76.2 cm³/mol. The van der Waals surface area contributed by atoms with E-state index in [9.17, 15) is 5.11 Å². The van der Waals surface area contributed by atoms with Crippen LogP contribution in [-0.2, 0) is 19.6 Å². The minimum Gasteiger partial charge on any atom is -0.390 e. The summed E-state index contributed by atoms with van der Waals surface area (Å²) in [6.45, 7) is 1.00. The fraction of sp³-hybridized carbons (Fsp3) is 0.333. The standard InChI is InChI=1S/C15H16N4O/c20-8-13-14-3-1-2-6-19(14)15(18-13)10-4-5-11-12(7-10)17-9-16-11/h4-5,7,9,20H,1-3,6,8H2,(H,16,17). The molecule has 102 valence electrons. The first-order chi connectivity index (χ1) is 9.86. The molecule has 3 heterocycles. The molecule has 0 unspecified atom stereocenters. The Kier molecular flexibility index (Phi) is 2.60. The molecule has 5 nitrogen and oxygen atoms in total. The summed E-state index contributed by atoms with van der Waals surface area (Å²) in [4.78, 5) is 12.0. The van der Waals surface area contributed by atoms with Gasteiger partial charge in [-0.05, 0) is 37.5 Å². The van der Waals surface area contributed by atoms with Crippen molar-refractivity contribution in [2.24, 2.45) is 0 Å². The molecule has 2 N–H and O–H groups in total. The molecule has 0 saturated carbocycles. The zero-order valence-electron chi connectivity index (χ0n) is 11.1. The van der Waals surface area contributed by atoms with Crippen LogP contribution >= 0.6 is 0 Å². The molecule has 1 aromatic carbocycles. The number of fused-ring (bicyclic) bond motifs is 2. The van der Waals surface area contributed by atoms with Gasteiger partial charge in [0.2, 0.25) is 0 Å². The van der Waals surface area contributed by atoms with Crippen LogP contribution in [0.25, 0.3) is 22.4 Å². The van der Waals surface area contributed by atoms with Crippen LogP contribution in [0, 0.1) is 0 Å². The number of imidazole rings is 2. The summed E-state index contributed by atoms with van der Waals surface area (Å²) in [6.07, 6.45) is 5.06. The van der Waals surface area contributed by atoms with Crippen molar-refractivity contribution >= 4 is 11.0 Å². The average Bonchev–Trinajstić information content (AvgIpc) is 3.10. The first kappa shape index (κ1) is 11.7. The topological polar surface area (TPSA) is 66.7 Å². The highest BCUT2D eigenvalue weighted by Gasteiger charge is 2.20. The Morgan fingerprint density at radius 2 is 2.25 bits per heavy atom. The molecule has 0 radical (unpaired) electrons. The van der Waals surface area contributed by atoms with Crippen LogP contribution < -0.4 is 0 Å². The Bertz CT molecular complexity index is 771. The van der Waals surface area contributed by atoms with E-state index in [1.165, 1.54) is 18.5 Å². The van der Waals surface area contributed by atoms with E-state index in [-0.39, 0.29) is 6.61 Å². The van der Waals surface area contributed by atoms with Crippen LogP contribution in [0.4, 0.5) is 0 Å². The Hall–Kier alpha value is -2.14. The van der Waals surface area contributed by atoms with Gasteiger partial charge in [-0.3, -0.25) is 0 Å². The normalized spacial score (nSPS) is 14.7. The number of hydrogen-bond donors (Lipinski definition) is 2. The van der Waals surface area contributed by atoms with Gasteiger partial charge in [0.15, 0.2) is 0 Å². The molecule has 3 aromatic rings. The third-order valence-corrected chi connectivity index (χ3v) is 4.03.